The van der Waals surface area contributed by atoms with Crippen molar-refractivity contribution in [3.8, 4) is 0 Å². The molecule has 1 aromatic rings. The summed E-state index contributed by atoms with van der Waals surface area (Å²) >= 11 is 1.38. The summed E-state index contributed by atoms with van der Waals surface area (Å²) in [5.74, 6) is 0.528. The fourth-order valence-corrected chi connectivity index (χ4v) is 5.61. The van der Waals surface area contributed by atoms with Gasteiger partial charge in [-0.15, -0.1) is 11.3 Å². The third kappa shape index (κ3) is 4.52. The maximum absolute atomic E-state index is 12.6. The van der Waals surface area contributed by atoms with Crippen LogP contribution in [0.1, 0.15) is 43.9 Å². The van der Waals surface area contributed by atoms with E-state index in [1.54, 1.807) is 17.4 Å². The molecule has 6 heteroatoms. The predicted molar refractivity (Wildman–Crippen MR) is 88.1 cm³/mol. The molecule has 0 amide bonds. The van der Waals surface area contributed by atoms with Gasteiger partial charge in [-0.25, -0.2) is 8.42 Å². The van der Waals surface area contributed by atoms with Crippen LogP contribution in [-0.2, 0) is 16.6 Å². The summed E-state index contributed by atoms with van der Waals surface area (Å²) in [5.41, 5.74) is 0. The molecule has 1 aliphatic carbocycles. The number of thiophene rings is 1. The summed E-state index contributed by atoms with van der Waals surface area (Å²) in [6, 6.07) is 3.65. The number of nitrogens with one attached hydrogen (secondary N) is 1. The van der Waals surface area contributed by atoms with Crippen LogP contribution in [0.5, 0.6) is 0 Å². The average Bonchev–Trinajstić information content (AvgIpc) is 2.95. The van der Waals surface area contributed by atoms with Crippen LogP contribution in [0.3, 0.4) is 0 Å². The van der Waals surface area contributed by atoms with Crippen LogP contribution in [0, 0.1) is 5.92 Å². The van der Waals surface area contributed by atoms with Gasteiger partial charge in [0.05, 0.1) is 0 Å². The normalized spacial score (nSPS) is 17.5. The summed E-state index contributed by atoms with van der Waals surface area (Å²) in [4.78, 5) is 1.07. The molecule has 0 unspecified atom stereocenters. The Morgan fingerprint density at radius 1 is 1.29 bits per heavy atom. The molecular formula is C15H26N2O2S2. The Bertz CT molecular complexity index is 534. The molecule has 0 spiro atoms. The molecule has 0 aromatic carbocycles. The van der Waals surface area contributed by atoms with E-state index in [0.717, 1.165) is 30.8 Å². The van der Waals surface area contributed by atoms with Gasteiger partial charge in [-0.05, 0) is 37.4 Å². The van der Waals surface area contributed by atoms with Crippen molar-refractivity contribution in [3.63, 3.8) is 0 Å². The van der Waals surface area contributed by atoms with Gasteiger partial charge in [-0.3, -0.25) is 0 Å². The first-order valence-corrected chi connectivity index (χ1v) is 10.1. The van der Waals surface area contributed by atoms with Crippen molar-refractivity contribution in [3.05, 3.63) is 17.0 Å². The maximum Gasteiger partial charge on any atom is 0.252 e. The summed E-state index contributed by atoms with van der Waals surface area (Å²) in [6.45, 7) is 4.33. The minimum Gasteiger partial charge on any atom is -0.312 e. The Kier molecular flexibility index (Phi) is 6.22. The van der Waals surface area contributed by atoms with Crippen molar-refractivity contribution in [1.82, 2.24) is 9.62 Å². The van der Waals surface area contributed by atoms with Gasteiger partial charge in [0.15, 0.2) is 0 Å². The lowest BCUT2D eigenvalue weighted by Crippen LogP contribution is -2.32. The number of nitrogens with zero attached hydrogens (tertiary/aromatic N) is 1. The van der Waals surface area contributed by atoms with E-state index in [1.165, 1.54) is 30.6 Å². The first kappa shape index (κ1) is 16.9. The topological polar surface area (TPSA) is 49.4 Å². The molecule has 0 atom stereocenters. The Balaban J connectivity index is 2.00. The molecule has 1 aliphatic rings. The lowest BCUT2D eigenvalue weighted by atomic mass is 9.89. The highest BCUT2D eigenvalue weighted by Crippen LogP contribution is 2.28. The van der Waals surface area contributed by atoms with Gasteiger partial charge >= 0.3 is 0 Å². The van der Waals surface area contributed by atoms with Crippen molar-refractivity contribution in [1.29, 1.82) is 0 Å². The second-order valence-corrected chi connectivity index (χ2v) is 9.23. The van der Waals surface area contributed by atoms with Gasteiger partial charge in [0, 0.05) is 25.0 Å². The second-order valence-electron chi connectivity index (χ2n) is 5.79. The van der Waals surface area contributed by atoms with Crippen molar-refractivity contribution >= 4 is 21.4 Å². The van der Waals surface area contributed by atoms with Crippen LogP contribution in [0.25, 0.3) is 0 Å². The van der Waals surface area contributed by atoms with Gasteiger partial charge in [-0.1, -0.05) is 26.2 Å². The van der Waals surface area contributed by atoms with Crippen LogP contribution in [0.4, 0.5) is 0 Å². The van der Waals surface area contributed by atoms with Crippen molar-refractivity contribution in [2.24, 2.45) is 5.92 Å². The monoisotopic (exact) mass is 330 g/mol. The van der Waals surface area contributed by atoms with Crippen LogP contribution in [-0.4, -0.2) is 32.9 Å². The molecule has 4 nitrogen and oxygen atoms in total. The highest BCUT2D eigenvalue weighted by molar-refractivity contribution is 7.91. The number of hydrogen-bond acceptors (Lipinski definition) is 4. The van der Waals surface area contributed by atoms with E-state index in [9.17, 15) is 8.42 Å². The fraction of sp³-hybridized carbons (Fsp3) is 0.733. The van der Waals surface area contributed by atoms with E-state index < -0.39 is 10.0 Å². The van der Waals surface area contributed by atoms with Crippen molar-refractivity contribution in [2.75, 3.05) is 20.1 Å². The van der Waals surface area contributed by atoms with Gasteiger partial charge in [0.2, 0.25) is 0 Å². The summed E-state index contributed by atoms with van der Waals surface area (Å²) in [6.07, 6.45) is 6.10. The number of rotatable bonds is 7. The molecule has 1 aromatic heterocycles. The van der Waals surface area contributed by atoms with Gasteiger partial charge in [0.1, 0.15) is 4.21 Å². The van der Waals surface area contributed by atoms with Gasteiger partial charge in [-0.2, -0.15) is 4.31 Å². The van der Waals surface area contributed by atoms with E-state index in [0.29, 0.717) is 16.7 Å². The molecule has 120 valence electrons. The first-order chi connectivity index (χ1) is 10.0. The van der Waals surface area contributed by atoms with Crippen molar-refractivity contribution < 1.29 is 8.42 Å². The lowest BCUT2D eigenvalue weighted by Gasteiger charge is -2.26. The third-order valence-electron chi connectivity index (χ3n) is 4.09. The average molecular weight is 331 g/mol. The second kappa shape index (κ2) is 7.72. The van der Waals surface area contributed by atoms with E-state index in [-0.39, 0.29) is 0 Å². The molecular weight excluding hydrogens is 304 g/mol. The minimum atomic E-state index is -3.32. The molecule has 0 radical (unpaired) electrons. The van der Waals surface area contributed by atoms with Gasteiger partial charge < -0.3 is 5.32 Å². The molecule has 1 saturated carbocycles. The fourth-order valence-electron chi connectivity index (χ4n) is 2.83. The quantitative estimate of drug-likeness (QED) is 0.836. The molecule has 0 aliphatic heterocycles. The standard InChI is InChI=1S/C15H26N2O2S2/c1-3-16-11-14-9-10-15(20-14)21(18,19)17(2)12-13-7-5-4-6-8-13/h9-10,13,16H,3-8,11-12H2,1-2H3. The lowest BCUT2D eigenvalue weighted by molar-refractivity contribution is 0.300. The summed E-state index contributed by atoms with van der Waals surface area (Å²) < 4.78 is 27.2. The molecule has 1 heterocycles. The largest absolute Gasteiger partial charge is 0.312 e. The molecule has 1 fully saturated rings. The smallest absolute Gasteiger partial charge is 0.252 e. The maximum atomic E-state index is 12.6. The zero-order chi connectivity index (χ0) is 15.3. The van der Waals surface area contributed by atoms with Gasteiger partial charge in [0.25, 0.3) is 10.0 Å². The Morgan fingerprint density at radius 3 is 2.67 bits per heavy atom. The van der Waals surface area contributed by atoms with E-state index in [4.69, 9.17) is 0 Å². The molecule has 2 rings (SSSR count). The highest BCUT2D eigenvalue weighted by atomic mass is 32.2. The zero-order valence-electron chi connectivity index (χ0n) is 13.0. The predicted octanol–water partition coefficient (Wildman–Crippen LogP) is 3.06. The summed E-state index contributed by atoms with van der Waals surface area (Å²) in [5, 5.41) is 3.23. The minimum absolute atomic E-state index is 0.466. The van der Waals surface area contributed by atoms with Crippen LogP contribution >= 0.6 is 11.3 Å². The van der Waals surface area contributed by atoms with E-state index in [1.807, 2.05) is 13.0 Å². The summed E-state index contributed by atoms with van der Waals surface area (Å²) in [7, 11) is -1.60. The Labute approximate surface area is 132 Å². The number of hydrogen-bond donors (Lipinski definition) is 1. The van der Waals surface area contributed by atoms with Crippen LogP contribution in [0.2, 0.25) is 0 Å². The van der Waals surface area contributed by atoms with Crippen molar-refractivity contribution in [2.45, 2.75) is 49.8 Å². The first-order valence-electron chi connectivity index (χ1n) is 7.79. The SMILES string of the molecule is CCNCc1ccc(S(=O)(=O)N(C)CC2CCCCC2)s1. The van der Waals surface area contributed by atoms with E-state index in [2.05, 4.69) is 5.32 Å². The van der Waals surface area contributed by atoms with Crippen LogP contribution < -0.4 is 5.32 Å². The zero-order valence-corrected chi connectivity index (χ0v) is 14.6. The molecule has 0 saturated heterocycles. The molecule has 0 bridgehead atoms. The molecule has 1 N–H and O–H groups in total. The number of sulfonamides is 1. The van der Waals surface area contributed by atoms with E-state index >= 15 is 0 Å². The Hall–Kier alpha value is -0.430. The highest BCUT2D eigenvalue weighted by Gasteiger charge is 2.26. The molecule has 21 heavy (non-hydrogen) atoms. The van der Waals surface area contributed by atoms with Crippen LogP contribution in [0.15, 0.2) is 16.3 Å². The Morgan fingerprint density at radius 2 is 2.00 bits per heavy atom. The third-order valence-corrected chi connectivity index (χ3v) is 7.47.